The number of nitrogens with zero attached hydrogens (tertiary/aromatic N) is 2. The topological polar surface area (TPSA) is 61.6 Å². The first-order chi connectivity index (χ1) is 9.56. The number of piperidine rings is 1. The maximum atomic E-state index is 12.0. The van der Waals surface area contributed by atoms with Crippen LogP contribution in [0.1, 0.15) is 32.1 Å². The highest BCUT2D eigenvalue weighted by Crippen LogP contribution is 2.23. The molecule has 0 aromatic rings. The molecule has 5 heteroatoms. The summed E-state index contributed by atoms with van der Waals surface area (Å²) in [6, 6.07) is 0.955. The fraction of sp³-hybridized carbons (Fsp3) is 0.933. The lowest BCUT2D eigenvalue weighted by molar-refractivity contribution is -0.124. The zero-order chi connectivity index (χ0) is 14.5. The Bertz CT molecular complexity index is 313. The summed E-state index contributed by atoms with van der Waals surface area (Å²) < 4.78 is 0. The van der Waals surface area contributed by atoms with E-state index < -0.39 is 0 Å². The number of nitrogens with two attached hydrogens (primary N) is 1. The Labute approximate surface area is 122 Å². The maximum Gasteiger partial charge on any atom is 0.223 e. The van der Waals surface area contributed by atoms with Gasteiger partial charge in [0.25, 0.3) is 0 Å². The molecular formula is C15H30N4O. The average Bonchev–Trinajstić information content (AvgIpc) is 2.86. The number of nitrogens with one attached hydrogen (secondary N) is 1. The molecule has 2 fully saturated rings. The quantitative estimate of drug-likeness (QED) is 0.759. The Morgan fingerprint density at radius 3 is 2.50 bits per heavy atom. The number of amides is 1. The van der Waals surface area contributed by atoms with Gasteiger partial charge in [-0.15, -0.1) is 0 Å². The molecule has 0 radical (unpaired) electrons. The highest BCUT2D eigenvalue weighted by atomic mass is 16.1. The summed E-state index contributed by atoms with van der Waals surface area (Å²) in [6.45, 7) is 4.04. The van der Waals surface area contributed by atoms with Crippen molar-refractivity contribution in [3.05, 3.63) is 0 Å². The number of likely N-dealkylation sites (tertiary alicyclic amines) is 1. The highest BCUT2D eigenvalue weighted by molar-refractivity contribution is 5.78. The van der Waals surface area contributed by atoms with E-state index in [0.717, 1.165) is 51.5 Å². The maximum absolute atomic E-state index is 12.0. The summed E-state index contributed by atoms with van der Waals surface area (Å²) in [4.78, 5) is 16.8. The molecule has 3 N–H and O–H groups in total. The second kappa shape index (κ2) is 7.38. The Morgan fingerprint density at radius 1 is 1.25 bits per heavy atom. The third-order valence-electron chi connectivity index (χ3n) is 4.86. The molecule has 1 saturated carbocycles. The largest absolute Gasteiger partial charge is 0.355 e. The molecule has 1 amide bonds. The second-order valence-corrected chi connectivity index (χ2v) is 6.60. The van der Waals surface area contributed by atoms with Gasteiger partial charge in [-0.1, -0.05) is 0 Å². The zero-order valence-electron chi connectivity index (χ0n) is 13.0. The van der Waals surface area contributed by atoms with E-state index in [4.69, 9.17) is 5.73 Å². The van der Waals surface area contributed by atoms with Crippen molar-refractivity contribution in [3.63, 3.8) is 0 Å². The van der Waals surface area contributed by atoms with Crippen LogP contribution in [0.25, 0.3) is 0 Å². The third kappa shape index (κ3) is 4.43. The van der Waals surface area contributed by atoms with Gasteiger partial charge >= 0.3 is 0 Å². The van der Waals surface area contributed by atoms with Crippen LogP contribution in [0.3, 0.4) is 0 Å². The molecule has 20 heavy (non-hydrogen) atoms. The summed E-state index contributed by atoms with van der Waals surface area (Å²) in [7, 11) is 4.32. The first-order valence-corrected chi connectivity index (χ1v) is 7.98. The third-order valence-corrected chi connectivity index (χ3v) is 4.86. The molecule has 1 heterocycles. The van der Waals surface area contributed by atoms with Crippen LogP contribution >= 0.6 is 0 Å². The van der Waals surface area contributed by atoms with Gasteiger partial charge in [0, 0.05) is 31.1 Å². The van der Waals surface area contributed by atoms with Crippen molar-refractivity contribution in [1.82, 2.24) is 15.1 Å². The predicted octanol–water partition coefficient (Wildman–Crippen LogP) is 0.256. The molecule has 0 bridgehead atoms. The van der Waals surface area contributed by atoms with E-state index >= 15 is 0 Å². The van der Waals surface area contributed by atoms with E-state index in [0.29, 0.717) is 0 Å². The number of hydrogen-bond acceptors (Lipinski definition) is 4. The fourth-order valence-corrected chi connectivity index (χ4v) is 3.40. The minimum absolute atomic E-state index is 0.157. The Balaban J connectivity index is 1.58. The standard InChI is InChI=1S/C15H30N4O/c1-18(2)14-5-8-19(9-6-14)10-7-17-15(20)12-3-4-13(16)11-12/h12-14H,3-11,16H2,1-2H3,(H,17,20). The van der Waals surface area contributed by atoms with Crippen molar-refractivity contribution in [2.24, 2.45) is 11.7 Å². The van der Waals surface area contributed by atoms with Crippen LogP contribution in [0.5, 0.6) is 0 Å². The minimum Gasteiger partial charge on any atom is -0.355 e. The monoisotopic (exact) mass is 282 g/mol. The van der Waals surface area contributed by atoms with E-state index in [1.807, 2.05) is 0 Å². The molecule has 2 aliphatic rings. The number of rotatable bonds is 5. The van der Waals surface area contributed by atoms with Gasteiger partial charge in [-0.3, -0.25) is 4.79 Å². The normalized spacial score (nSPS) is 29.0. The molecule has 0 aromatic carbocycles. The molecule has 0 aromatic heterocycles. The second-order valence-electron chi connectivity index (χ2n) is 6.60. The van der Waals surface area contributed by atoms with E-state index in [1.54, 1.807) is 0 Å². The SMILES string of the molecule is CN(C)C1CCN(CCNC(=O)C2CCC(N)C2)CC1. The molecule has 1 saturated heterocycles. The van der Waals surface area contributed by atoms with Crippen molar-refractivity contribution < 1.29 is 4.79 Å². The van der Waals surface area contributed by atoms with Gasteiger partial charge in [-0.05, 0) is 59.3 Å². The van der Waals surface area contributed by atoms with Crippen LogP contribution in [-0.4, -0.2) is 68.1 Å². The fourth-order valence-electron chi connectivity index (χ4n) is 3.40. The van der Waals surface area contributed by atoms with E-state index in [1.165, 1.54) is 12.8 Å². The Hall–Kier alpha value is -0.650. The average molecular weight is 282 g/mol. The first-order valence-electron chi connectivity index (χ1n) is 7.98. The van der Waals surface area contributed by atoms with Crippen LogP contribution < -0.4 is 11.1 Å². The summed E-state index contributed by atoms with van der Waals surface area (Å²) in [5.41, 5.74) is 5.85. The first kappa shape index (κ1) is 15.7. The molecule has 2 unspecified atom stereocenters. The van der Waals surface area contributed by atoms with Crippen molar-refractivity contribution in [3.8, 4) is 0 Å². The molecule has 2 rings (SSSR count). The highest BCUT2D eigenvalue weighted by Gasteiger charge is 2.27. The number of carbonyl (C=O) groups excluding carboxylic acids is 1. The predicted molar refractivity (Wildman–Crippen MR) is 81.5 cm³/mol. The van der Waals surface area contributed by atoms with Gasteiger partial charge < -0.3 is 20.9 Å². The molecule has 1 aliphatic heterocycles. The Kier molecular flexibility index (Phi) is 5.81. The summed E-state index contributed by atoms with van der Waals surface area (Å²) in [5, 5.41) is 3.08. The van der Waals surface area contributed by atoms with Crippen molar-refractivity contribution in [1.29, 1.82) is 0 Å². The lowest BCUT2D eigenvalue weighted by atomic mass is 10.0. The van der Waals surface area contributed by atoms with Crippen LogP contribution in [0.2, 0.25) is 0 Å². The molecular weight excluding hydrogens is 252 g/mol. The van der Waals surface area contributed by atoms with Crippen molar-refractivity contribution in [2.45, 2.75) is 44.2 Å². The summed E-state index contributed by atoms with van der Waals surface area (Å²) in [6.07, 6.45) is 5.29. The number of hydrogen-bond donors (Lipinski definition) is 2. The lowest BCUT2D eigenvalue weighted by Crippen LogP contribution is -2.45. The van der Waals surface area contributed by atoms with Crippen molar-refractivity contribution >= 4 is 5.91 Å². The van der Waals surface area contributed by atoms with Gasteiger partial charge in [0.1, 0.15) is 0 Å². The lowest BCUT2D eigenvalue weighted by Gasteiger charge is -2.35. The van der Waals surface area contributed by atoms with Gasteiger partial charge in [0.05, 0.1) is 0 Å². The Morgan fingerprint density at radius 2 is 1.95 bits per heavy atom. The van der Waals surface area contributed by atoms with Crippen LogP contribution in [0.4, 0.5) is 0 Å². The number of carbonyl (C=O) groups is 1. The molecule has 0 spiro atoms. The molecule has 2 atom stereocenters. The summed E-state index contributed by atoms with van der Waals surface area (Å²) in [5.74, 6) is 0.366. The summed E-state index contributed by atoms with van der Waals surface area (Å²) >= 11 is 0. The minimum atomic E-state index is 0.157. The van der Waals surface area contributed by atoms with Gasteiger partial charge in [0.2, 0.25) is 5.91 Å². The zero-order valence-corrected chi connectivity index (χ0v) is 13.0. The van der Waals surface area contributed by atoms with Crippen LogP contribution in [0.15, 0.2) is 0 Å². The molecule has 116 valence electrons. The van der Waals surface area contributed by atoms with Gasteiger partial charge in [0.15, 0.2) is 0 Å². The van der Waals surface area contributed by atoms with Gasteiger partial charge in [-0.25, -0.2) is 0 Å². The molecule has 5 nitrogen and oxygen atoms in total. The molecule has 1 aliphatic carbocycles. The van der Waals surface area contributed by atoms with E-state index in [2.05, 4.69) is 29.2 Å². The van der Waals surface area contributed by atoms with Gasteiger partial charge in [-0.2, -0.15) is 0 Å². The van der Waals surface area contributed by atoms with E-state index in [-0.39, 0.29) is 17.9 Å². The smallest absolute Gasteiger partial charge is 0.223 e. The van der Waals surface area contributed by atoms with Crippen LogP contribution in [-0.2, 0) is 4.79 Å². The van der Waals surface area contributed by atoms with E-state index in [9.17, 15) is 4.79 Å². The van der Waals surface area contributed by atoms with Crippen LogP contribution in [0, 0.1) is 5.92 Å². The van der Waals surface area contributed by atoms with Crippen molar-refractivity contribution in [2.75, 3.05) is 40.3 Å².